The molecule has 0 amide bonds. The third kappa shape index (κ3) is 3.83. The molecule has 0 radical (unpaired) electrons. The summed E-state index contributed by atoms with van der Waals surface area (Å²) in [4.78, 5) is -0.521. The van der Waals surface area contributed by atoms with Gasteiger partial charge in [0.15, 0.2) is 0 Å². The van der Waals surface area contributed by atoms with Crippen LogP contribution in [0.1, 0.15) is 0 Å². The number of rotatable bonds is 4. The van der Waals surface area contributed by atoms with Gasteiger partial charge in [-0.25, -0.2) is 26.4 Å². The van der Waals surface area contributed by atoms with E-state index in [1.807, 2.05) is 4.72 Å². The Morgan fingerprint density at radius 3 is 2.23 bits per heavy atom. The van der Waals surface area contributed by atoms with Gasteiger partial charge in [0.1, 0.15) is 5.82 Å². The molecule has 0 aliphatic rings. The average Bonchev–Trinajstić information content (AvgIpc) is 2.40. The molecule has 0 heterocycles. The van der Waals surface area contributed by atoms with Gasteiger partial charge in [0.05, 0.1) is 15.5 Å². The summed E-state index contributed by atoms with van der Waals surface area (Å²) in [5.74, 6) is -1.05. The third-order valence-corrected chi connectivity index (χ3v) is 5.39. The van der Waals surface area contributed by atoms with Crippen molar-refractivity contribution in [1.82, 2.24) is 0 Å². The van der Waals surface area contributed by atoms with Gasteiger partial charge >= 0.3 is 0 Å². The van der Waals surface area contributed by atoms with Gasteiger partial charge in [-0.15, -0.1) is 0 Å². The van der Waals surface area contributed by atoms with Crippen LogP contribution < -0.4 is 9.86 Å². The molecule has 0 bridgehead atoms. The van der Waals surface area contributed by atoms with E-state index in [0.29, 0.717) is 10.5 Å². The molecule has 0 fully saturated rings. The van der Waals surface area contributed by atoms with E-state index in [1.54, 1.807) is 6.07 Å². The summed E-state index contributed by atoms with van der Waals surface area (Å²) in [6, 6.07) is 8.48. The zero-order valence-electron chi connectivity index (χ0n) is 10.8. The van der Waals surface area contributed by atoms with Crippen molar-refractivity contribution in [1.29, 1.82) is 0 Å². The summed E-state index contributed by atoms with van der Waals surface area (Å²) in [5, 5.41) is 4.87. The van der Waals surface area contributed by atoms with Crippen molar-refractivity contribution in [3.8, 4) is 0 Å². The lowest BCUT2D eigenvalue weighted by Crippen LogP contribution is -2.15. The monoisotopic (exact) mass is 408 g/mol. The van der Waals surface area contributed by atoms with E-state index in [-0.39, 0.29) is 10.6 Å². The number of halogens is 2. The molecule has 0 aromatic heterocycles. The summed E-state index contributed by atoms with van der Waals surface area (Å²) in [5.41, 5.74) is -0.382. The van der Waals surface area contributed by atoms with Crippen LogP contribution >= 0.6 is 15.9 Å². The second kappa shape index (κ2) is 5.95. The molecule has 0 aliphatic heterocycles. The summed E-state index contributed by atoms with van der Waals surface area (Å²) in [6.07, 6.45) is 0. The van der Waals surface area contributed by atoms with Gasteiger partial charge < -0.3 is 0 Å². The molecular weight excluding hydrogens is 399 g/mol. The molecule has 2 aromatic carbocycles. The van der Waals surface area contributed by atoms with E-state index >= 15 is 0 Å². The van der Waals surface area contributed by atoms with Crippen LogP contribution in [0.4, 0.5) is 10.1 Å². The van der Waals surface area contributed by atoms with Crippen LogP contribution in [-0.4, -0.2) is 16.8 Å². The highest BCUT2D eigenvalue weighted by atomic mass is 79.9. The zero-order valence-corrected chi connectivity index (χ0v) is 14.0. The highest BCUT2D eigenvalue weighted by Crippen LogP contribution is 2.23. The minimum absolute atomic E-state index is 0.0724. The van der Waals surface area contributed by atoms with Crippen molar-refractivity contribution in [2.45, 2.75) is 9.79 Å². The fourth-order valence-electron chi connectivity index (χ4n) is 1.59. The summed E-state index contributed by atoms with van der Waals surface area (Å²) < 4.78 is 62.9. The van der Waals surface area contributed by atoms with Crippen molar-refractivity contribution in [2.75, 3.05) is 4.72 Å². The number of sulfonamides is 2. The van der Waals surface area contributed by atoms with Gasteiger partial charge in [0, 0.05) is 4.47 Å². The summed E-state index contributed by atoms with van der Waals surface area (Å²) in [6.45, 7) is 0. The SMILES string of the molecule is NS(=O)(=O)c1ccc(NS(=O)(=O)c2cccc(Br)c2)c(F)c1. The molecule has 2 aromatic rings. The lowest BCUT2D eigenvalue weighted by molar-refractivity contribution is 0.592. The molecular formula is C12H10BrFN2O4S2. The van der Waals surface area contributed by atoms with Gasteiger partial charge in [-0.2, -0.15) is 0 Å². The van der Waals surface area contributed by atoms with Crippen LogP contribution in [0.5, 0.6) is 0 Å². The van der Waals surface area contributed by atoms with E-state index in [4.69, 9.17) is 5.14 Å². The van der Waals surface area contributed by atoms with E-state index in [2.05, 4.69) is 15.9 Å². The van der Waals surface area contributed by atoms with Crippen molar-refractivity contribution in [3.63, 3.8) is 0 Å². The zero-order chi connectivity index (χ0) is 16.5. The maximum Gasteiger partial charge on any atom is 0.262 e. The van der Waals surface area contributed by atoms with Crippen LogP contribution in [0.2, 0.25) is 0 Å². The molecule has 22 heavy (non-hydrogen) atoms. The molecule has 10 heteroatoms. The Morgan fingerprint density at radius 2 is 1.68 bits per heavy atom. The van der Waals surface area contributed by atoms with Gasteiger partial charge in [-0.05, 0) is 36.4 Å². The first-order chi connectivity index (χ1) is 10.1. The molecule has 0 aliphatic carbocycles. The van der Waals surface area contributed by atoms with Crippen LogP contribution in [-0.2, 0) is 20.0 Å². The quantitative estimate of drug-likeness (QED) is 0.806. The minimum atomic E-state index is -4.07. The highest BCUT2D eigenvalue weighted by Gasteiger charge is 2.18. The van der Waals surface area contributed by atoms with E-state index < -0.39 is 30.8 Å². The molecule has 0 spiro atoms. The Hall–Kier alpha value is -1.49. The van der Waals surface area contributed by atoms with E-state index in [0.717, 1.165) is 12.1 Å². The number of anilines is 1. The van der Waals surface area contributed by atoms with Crippen molar-refractivity contribution >= 4 is 41.7 Å². The van der Waals surface area contributed by atoms with Gasteiger partial charge in [-0.1, -0.05) is 22.0 Å². The minimum Gasteiger partial charge on any atom is -0.277 e. The lowest BCUT2D eigenvalue weighted by Gasteiger charge is -2.10. The normalized spacial score (nSPS) is 12.1. The molecule has 0 saturated heterocycles. The first-order valence-electron chi connectivity index (χ1n) is 5.70. The Morgan fingerprint density at radius 1 is 1.00 bits per heavy atom. The number of nitrogens with two attached hydrogens (primary N) is 1. The van der Waals surface area contributed by atoms with Crippen LogP contribution in [0.3, 0.4) is 0 Å². The molecule has 0 unspecified atom stereocenters. The average molecular weight is 409 g/mol. The number of hydrogen-bond donors (Lipinski definition) is 2. The van der Waals surface area contributed by atoms with Crippen molar-refractivity contribution in [3.05, 3.63) is 52.8 Å². The summed E-state index contributed by atoms with van der Waals surface area (Å²) >= 11 is 3.14. The van der Waals surface area contributed by atoms with Crippen LogP contribution in [0.25, 0.3) is 0 Å². The Kier molecular flexibility index (Phi) is 4.57. The second-order valence-corrected chi connectivity index (χ2v) is 8.41. The molecule has 0 saturated carbocycles. The topological polar surface area (TPSA) is 106 Å². The number of nitrogens with one attached hydrogen (secondary N) is 1. The predicted molar refractivity (Wildman–Crippen MR) is 82.7 cm³/mol. The first kappa shape index (κ1) is 16.9. The molecule has 0 atom stereocenters. The lowest BCUT2D eigenvalue weighted by atomic mass is 10.3. The fraction of sp³-hybridized carbons (Fsp3) is 0. The smallest absolute Gasteiger partial charge is 0.262 e. The highest BCUT2D eigenvalue weighted by molar-refractivity contribution is 9.10. The maximum atomic E-state index is 13.8. The first-order valence-corrected chi connectivity index (χ1v) is 9.52. The molecule has 3 N–H and O–H groups in total. The predicted octanol–water partition coefficient (Wildman–Crippen LogP) is 2.04. The van der Waals surface area contributed by atoms with Crippen LogP contribution in [0, 0.1) is 5.82 Å². The third-order valence-electron chi connectivity index (χ3n) is 2.62. The molecule has 118 valence electrons. The number of primary sulfonamides is 1. The van der Waals surface area contributed by atoms with Gasteiger partial charge in [0.2, 0.25) is 10.0 Å². The molecule has 2 rings (SSSR count). The standard InChI is InChI=1S/C12H10BrFN2O4S2/c13-8-2-1-3-10(6-8)22(19,20)16-12-5-4-9(7-11(12)14)21(15,17)18/h1-7,16H,(H2,15,17,18). The number of hydrogen-bond acceptors (Lipinski definition) is 4. The van der Waals surface area contributed by atoms with Crippen molar-refractivity contribution < 1.29 is 21.2 Å². The Labute approximate surface area is 135 Å². The Bertz CT molecular complexity index is 930. The molecule has 6 nitrogen and oxygen atoms in total. The number of benzene rings is 2. The van der Waals surface area contributed by atoms with Crippen LogP contribution in [0.15, 0.2) is 56.7 Å². The maximum absolute atomic E-state index is 13.8. The second-order valence-electron chi connectivity index (χ2n) is 4.25. The van der Waals surface area contributed by atoms with E-state index in [1.165, 1.54) is 18.2 Å². The Balaban J connectivity index is 2.39. The van der Waals surface area contributed by atoms with Gasteiger partial charge in [0.25, 0.3) is 10.0 Å². The van der Waals surface area contributed by atoms with Gasteiger partial charge in [-0.3, -0.25) is 4.72 Å². The van der Waals surface area contributed by atoms with Crippen molar-refractivity contribution in [2.24, 2.45) is 5.14 Å². The van der Waals surface area contributed by atoms with E-state index in [9.17, 15) is 21.2 Å². The summed E-state index contributed by atoms with van der Waals surface area (Å²) in [7, 11) is -8.07. The largest absolute Gasteiger partial charge is 0.277 e. The fourth-order valence-corrected chi connectivity index (χ4v) is 3.78.